The number of guanidine groups is 1. The van der Waals surface area contributed by atoms with E-state index in [9.17, 15) is 8.78 Å². The number of aromatic nitrogens is 1. The standard InChI is InChI=1S/C19H25F2N5O/c1-2-22-19(23-8-6-15-4-3-5-17(20)18(15)21)26-11-9-25(10-12-26)14-16-7-13-27-24-16/h3-5,7,13H,2,6,8-12,14H2,1H3,(H,22,23). The summed E-state index contributed by atoms with van der Waals surface area (Å²) in [5.74, 6) is -0.777. The van der Waals surface area contributed by atoms with E-state index in [1.165, 1.54) is 6.07 Å². The van der Waals surface area contributed by atoms with Crippen molar-refractivity contribution in [3.05, 3.63) is 53.4 Å². The van der Waals surface area contributed by atoms with E-state index in [1.54, 1.807) is 12.3 Å². The molecule has 0 bridgehead atoms. The van der Waals surface area contributed by atoms with Crippen molar-refractivity contribution in [1.29, 1.82) is 0 Å². The first-order chi connectivity index (χ1) is 13.2. The predicted octanol–water partition coefficient (Wildman–Crippen LogP) is 2.28. The summed E-state index contributed by atoms with van der Waals surface area (Å²) in [6.45, 7) is 7.44. The average Bonchev–Trinajstić information content (AvgIpc) is 3.18. The molecule has 1 fully saturated rings. The highest BCUT2D eigenvalue weighted by Crippen LogP contribution is 2.12. The molecule has 146 valence electrons. The molecule has 0 aliphatic carbocycles. The van der Waals surface area contributed by atoms with Crippen molar-refractivity contribution < 1.29 is 13.3 Å². The van der Waals surface area contributed by atoms with Gasteiger partial charge in [-0.05, 0) is 25.0 Å². The fraction of sp³-hybridized carbons (Fsp3) is 0.474. The van der Waals surface area contributed by atoms with E-state index < -0.39 is 11.6 Å². The molecule has 6 nitrogen and oxygen atoms in total. The second-order valence-electron chi connectivity index (χ2n) is 6.45. The third-order valence-electron chi connectivity index (χ3n) is 4.56. The average molecular weight is 377 g/mol. The van der Waals surface area contributed by atoms with Gasteiger partial charge in [-0.25, -0.2) is 8.78 Å². The van der Waals surface area contributed by atoms with Gasteiger partial charge in [0.2, 0.25) is 0 Å². The van der Waals surface area contributed by atoms with Crippen molar-refractivity contribution in [2.24, 2.45) is 4.99 Å². The second-order valence-corrected chi connectivity index (χ2v) is 6.45. The maximum absolute atomic E-state index is 13.8. The van der Waals surface area contributed by atoms with Crippen LogP contribution in [0.1, 0.15) is 18.2 Å². The van der Waals surface area contributed by atoms with Crippen molar-refractivity contribution in [2.45, 2.75) is 19.9 Å². The maximum Gasteiger partial charge on any atom is 0.194 e. The normalized spacial score (nSPS) is 16.0. The first kappa shape index (κ1) is 19.3. The van der Waals surface area contributed by atoms with Gasteiger partial charge in [-0.3, -0.25) is 9.89 Å². The van der Waals surface area contributed by atoms with Crippen molar-refractivity contribution in [3.8, 4) is 0 Å². The summed E-state index contributed by atoms with van der Waals surface area (Å²) in [5.41, 5.74) is 1.29. The zero-order valence-electron chi connectivity index (χ0n) is 15.5. The molecule has 2 aromatic rings. The van der Waals surface area contributed by atoms with Gasteiger partial charge >= 0.3 is 0 Å². The van der Waals surface area contributed by atoms with Gasteiger partial charge in [-0.2, -0.15) is 0 Å². The molecule has 0 spiro atoms. The van der Waals surface area contributed by atoms with E-state index in [4.69, 9.17) is 4.52 Å². The molecule has 1 aromatic heterocycles. The Hall–Kier alpha value is -2.48. The zero-order chi connectivity index (χ0) is 19.1. The lowest BCUT2D eigenvalue weighted by Crippen LogP contribution is -2.52. The Morgan fingerprint density at radius 3 is 2.74 bits per heavy atom. The second kappa shape index (κ2) is 9.45. The Balaban J connectivity index is 1.54. The third-order valence-corrected chi connectivity index (χ3v) is 4.56. The predicted molar refractivity (Wildman–Crippen MR) is 99.4 cm³/mol. The smallest absolute Gasteiger partial charge is 0.194 e. The van der Waals surface area contributed by atoms with Gasteiger partial charge in [-0.15, -0.1) is 0 Å². The first-order valence-corrected chi connectivity index (χ1v) is 9.25. The van der Waals surface area contributed by atoms with Crippen LogP contribution in [0.15, 0.2) is 40.0 Å². The van der Waals surface area contributed by atoms with Gasteiger partial charge in [0.05, 0.1) is 5.69 Å². The summed E-state index contributed by atoms with van der Waals surface area (Å²) < 4.78 is 31.9. The van der Waals surface area contributed by atoms with Gasteiger partial charge in [0.25, 0.3) is 0 Å². The Labute approximate surface area is 157 Å². The topological polar surface area (TPSA) is 56.9 Å². The molecule has 1 saturated heterocycles. The number of aliphatic imine (C=N–C) groups is 1. The molecule has 0 atom stereocenters. The van der Waals surface area contributed by atoms with Crippen LogP contribution in [0.3, 0.4) is 0 Å². The first-order valence-electron chi connectivity index (χ1n) is 9.25. The van der Waals surface area contributed by atoms with Crippen LogP contribution >= 0.6 is 0 Å². The number of hydrogen-bond donors (Lipinski definition) is 1. The molecule has 1 aliphatic rings. The van der Waals surface area contributed by atoms with Crippen molar-refractivity contribution in [3.63, 3.8) is 0 Å². The summed E-state index contributed by atoms with van der Waals surface area (Å²) >= 11 is 0. The highest BCUT2D eigenvalue weighted by Gasteiger charge is 2.20. The quantitative estimate of drug-likeness (QED) is 0.618. The van der Waals surface area contributed by atoms with Crippen LogP contribution in [0, 0.1) is 11.6 Å². The molecule has 1 aromatic carbocycles. The van der Waals surface area contributed by atoms with E-state index in [0.29, 0.717) is 18.5 Å². The highest BCUT2D eigenvalue weighted by atomic mass is 19.2. The molecule has 0 amide bonds. The summed E-state index contributed by atoms with van der Waals surface area (Å²) in [7, 11) is 0. The molecule has 3 rings (SSSR count). The van der Waals surface area contributed by atoms with Crippen molar-refractivity contribution >= 4 is 5.96 Å². The van der Waals surface area contributed by atoms with E-state index in [1.807, 2.05) is 13.0 Å². The minimum atomic E-state index is -0.813. The SMILES string of the molecule is CCNC(=NCCc1cccc(F)c1F)N1CCN(Cc2ccon2)CC1. The number of halogens is 2. The maximum atomic E-state index is 13.8. The molecule has 0 radical (unpaired) electrons. The van der Waals surface area contributed by atoms with Crippen LogP contribution in [0.2, 0.25) is 0 Å². The molecule has 1 aliphatic heterocycles. The Morgan fingerprint density at radius 1 is 1.22 bits per heavy atom. The minimum Gasteiger partial charge on any atom is -0.364 e. The number of nitrogens with one attached hydrogen (secondary N) is 1. The number of hydrogen-bond acceptors (Lipinski definition) is 4. The molecular formula is C19H25F2N5O. The van der Waals surface area contributed by atoms with Gasteiger partial charge in [0.1, 0.15) is 6.26 Å². The van der Waals surface area contributed by atoms with E-state index in [-0.39, 0.29) is 0 Å². The Morgan fingerprint density at radius 2 is 2.04 bits per heavy atom. The summed E-state index contributed by atoms with van der Waals surface area (Å²) in [6, 6.07) is 6.13. The number of benzene rings is 1. The van der Waals surface area contributed by atoms with Crippen LogP contribution in [0.25, 0.3) is 0 Å². The van der Waals surface area contributed by atoms with Crippen LogP contribution in [-0.2, 0) is 13.0 Å². The van der Waals surface area contributed by atoms with Crippen LogP contribution < -0.4 is 5.32 Å². The molecular weight excluding hydrogens is 352 g/mol. The molecule has 27 heavy (non-hydrogen) atoms. The van der Waals surface area contributed by atoms with E-state index in [0.717, 1.165) is 57.0 Å². The fourth-order valence-corrected chi connectivity index (χ4v) is 3.12. The molecule has 1 N–H and O–H groups in total. The largest absolute Gasteiger partial charge is 0.364 e. The number of rotatable bonds is 6. The number of piperazine rings is 1. The van der Waals surface area contributed by atoms with Crippen LogP contribution in [0.4, 0.5) is 8.78 Å². The lowest BCUT2D eigenvalue weighted by Gasteiger charge is -2.36. The van der Waals surface area contributed by atoms with Crippen LogP contribution in [-0.4, -0.2) is 60.2 Å². The van der Waals surface area contributed by atoms with Gasteiger partial charge < -0.3 is 14.7 Å². The third kappa shape index (κ3) is 5.26. The fourth-order valence-electron chi connectivity index (χ4n) is 3.12. The lowest BCUT2D eigenvalue weighted by atomic mass is 10.1. The molecule has 2 heterocycles. The van der Waals surface area contributed by atoms with E-state index in [2.05, 4.69) is 25.3 Å². The van der Waals surface area contributed by atoms with Crippen molar-refractivity contribution in [1.82, 2.24) is 20.3 Å². The van der Waals surface area contributed by atoms with Gasteiger partial charge in [0, 0.05) is 51.9 Å². The Bertz CT molecular complexity index is 743. The minimum absolute atomic E-state index is 0.354. The van der Waals surface area contributed by atoms with Gasteiger partial charge in [0.15, 0.2) is 17.6 Å². The highest BCUT2D eigenvalue weighted by molar-refractivity contribution is 5.80. The summed E-state index contributed by atoms with van der Waals surface area (Å²) in [6.07, 6.45) is 1.95. The number of nitrogens with zero attached hydrogens (tertiary/aromatic N) is 4. The van der Waals surface area contributed by atoms with E-state index >= 15 is 0 Å². The molecule has 0 saturated carbocycles. The van der Waals surface area contributed by atoms with Crippen molar-refractivity contribution in [2.75, 3.05) is 39.3 Å². The summed E-state index contributed by atoms with van der Waals surface area (Å²) in [4.78, 5) is 9.12. The Kier molecular flexibility index (Phi) is 6.75. The van der Waals surface area contributed by atoms with Crippen LogP contribution in [0.5, 0.6) is 0 Å². The lowest BCUT2D eigenvalue weighted by molar-refractivity contribution is 0.169. The monoisotopic (exact) mass is 377 g/mol. The van der Waals surface area contributed by atoms with Gasteiger partial charge in [-0.1, -0.05) is 17.3 Å². The summed E-state index contributed by atoms with van der Waals surface area (Å²) in [5, 5.41) is 7.24. The zero-order valence-corrected chi connectivity index (χ0v) is 15.5. The molecule has 8 heteroatoms. The molecule has 0 unspecified atom stereocenters.